The standard InChI is InChI=1S/C8H18N4/c1-11(2)7-9-5-6-10-8-12(3)4/h7-8H,5-6H2,1-4H3/b9-7+,10-8+. The summed E-state index contributed by atoms with van der Waals surface area (Å²) in [6.07, 6.45) is 3.59. The van der Waals surface area contributed by atoms with Crippen molar-refractivity contribution in [3.8, 4) is 0 Å². The number of hydrogen-bond donors (Lipinski definition) is 0. The number of hydrogen-bond acceptors (Lipinski definition) is 2. The van der Waals surface area contributed by atoms with Crippen molar-refractivity contribution in [3.63, 3.8) is 0 Å². The molecule has 0 aliphatic rings. The first kappa shape index (κ1) is 10.9. The van der Waals surface area contributed by atoms with Gasteiger partial charge >= 0.3 is 0 Å². The highest BCUT2D eigenvalue weighted by molar-refractivity contribution is 5.54. The highest BCUT2D eigenvalue weighted by Crippen LogP contribution is 1.74. The summed E-state index contributed by atoms with van der Waals surface area (Å²) in [4.78, 5) is 12.1. The van der Waals surface area contributed by atoms with Crippen molar-refractivity contribution in [2.45, 2.75) is 0 Å². The third-order valence-corrected chi connectivity index (χ3v) is 0.983. The summed E-state index contributed by atoms with van der Waals surface area (Å²) in [6, 6.07) is 0. The van der Waals surface area contributed by atoms with Crippen LogP contribution < -0.4 is 0 Å². The van der Waals surface area contributed by atoms with Crippen molar-refractivity contribution in [2.75, 3.05) is 41.3 Å². The molecule has 0 spiro atoms. The minimum Gasteiger partial charge on any atom is -0.369 e. The lowest BCUT2D eigenvalue weighted by atomic mass is 10.6. The molecular formula is C8H18N4. The molecule has 0 aliphatic heterocycles. The molecule has 0 radical (unpaired) electrons. The van der Waals surface area contributed by atoms with E-state index in [1.807, 2.05) is 38.0 Å². The van der Waals surface area contributed by atoms with Gasteiger partial charge in [0, 0.05) is 28.2 Å². The predicted octanol–water partition coefficient (Wildman–Crippen LogP) is 0.166. The Kier molecular flexibility index (Phi) is 6.05. The maximum absolute atomic E-state index is 4.14. The summed E-state index contributed by atoms with van der Waals surface area (Å²) in [7, 11) is 7.80. The second-order valence-corrected chi connectivity index (χ2v) is 2.97. The fraction of sp³-hybridized carbons (Fsp3) is 0.750. The molecule has 0 heterocycles. The molecule has 0 saturated carbocycles. The molecule has 70 valence electrons. The van der Waals surface area contributed by atoms with E-state index in [1.54, 1.807) is 12.7 Å². The van der Waals surface area contributed by atoms with Crippen LogP contribution >= 0.6 is 0 Å². The summed E-state index contributed by atoms with van der Waals surface area (Å²) in [5, 5.41) is 0. The number of rotatable bonds is 5. The van der Waals surface area contributed by atoms with E-state index in [0.29, 0.717) is 0 Å². The summed E-state index contributed by atoms with van der Waals surface area (Å²) in [5.41, 5.74) is 0. The summed E-state index contributed by atoms with van der Waals surface area (Å²) < 4.78 is 0. The molecule has 0 amide bonds. The van der Waals surface area contributed by atoms with Crippen molar-refractivity contribution in [1.82, 2.24) is 9.80 Å². The highest BCUT2D eigenvalue weighted by atomic mass is 15.1. The maximum atomic E-state index is 4.14. The van der Waals surface area contributed by atoms with Crippen LogP contribution in [0.4, 0.5) is 0 Å². The summed E-state index contributed by atoms with van der Waals surface area (Å²) in [6.45, 7) is 1.50. The molecule has 4 nitrogen and oxygen atoms in total. The normalized spacial score (nSPS) is 11.3. The molecule has 0 fully saturated rings. The molecule has 0 saturated heterocycles. The van der Waals surface area contributed by atoms with Crippen molar-refractivity contribution in [1.29, 1.82) is 0 Å². The van der Waals surface area contributed by atoms with Crippen LogP contribution in [-0.2, 0) is 0 Å². The van der Waals surface area contributed by atoms with Gasteiger partial charge in [-0.15, -0.1) is 0 Å². The van der Waals surface area contributed by atoms with Crippen molar-refractivity contribution in [3.05, 3.63) is 0 Å². The van der Waals surface area contributed by atoms with Crippen LogP contribution in [0.15, 0.2) is 9.98 Å². The van der Waals surface area contributed by atoms with Gasteiger partial charge in [-0.05, 0) is 0 Å². The second-order valence-electron chi connectivity index (χ2n) is 2.97. The molecule has 0 N–H and O–H groups in total. The molecule has 4 heteroatoms. The Labute approximate surface area is 74.6 Å². The average molecular weight is 170 g/mol. The Bertz CT molecular complexity index is 131. The Balaban J connectivity index is 3.32. The third-order valence-electron chi connectivity index (χ3n) is 0.983. The van der Waals surface area contributed by atoms with Gasteiger partial charge in [0.1, 0.15) is 0 Å². The molecular weight excluding hydrogens is 152 g/mol. The smallest absolute Gasteiger partial charge is 0.0845 e. The van der Waals surface area contributed by atoms with Gasteiger partial charge in [-0.2, -0.15) is 0 Å². The quantitative estimate of drug-likeness (QED) is 0.334. The van der Waals surface area contributed by atoms with E-state index in [-0.39, 0.29) is 0 Å². The largest absolute Gasteiger partial charge is 0.369 e. The Morgan fingerprint density at radius 3 is 1.42 bits per heavy atom. The van der Waals surface area contributed by atoms with Gasteiger partial charge in [0.15, 0.2) is 0 Å². The van der Waals surface area contributed by atoms with Crippen LogP contribution in [-0.4, -0.2) is 63.8 Å². The molecule has 0 aromatic carbocycles. The molecule has 0 unspecified atom stereocenters. The maximum Gasteiger partial charge on any atom is 0.0845 e. The Hall–Kier alpha value is -1.06. The van der Waals surface area contributed by atoms with Gasteiger partial charge in [0.2, 0.25) is 0 Å². The molecule has 0 aromatic rings. The molecule has 0 atom stereocenters. The van der Waals surface area contributed by atoms with Crippen LogP contribution in [0.1, 0.15) is 0 Å². The fourth-order valence-electron chi connectivity index (χ4n) is 0.558. The monoisotopic (exact) mass is 170 g/mol. The van der Waals surface area contributed by atoms with Gasteiger partial charge < -0.3 is 9.80 Å². The van der Waals surface area contributed by atoms with Crippen molar-refractivity contribution < 1.29 is 0 Å². The zero-order valence-electron chi connectivity index (χ0n) is 8.36. The summed E-state index contributed by atoms with van der Waals surface area (Å²) in [5.74, 6) is 0. The summed E-state index contributed by atoms with van der Waals surface area (Å²) >= 11 is 0. The van der Waals surface area contributed by atoms with Gasteiger partial charge in [-0.25, -0.2) is 0 Å². The van der Waals surface area contributed by atoms with Gasteiger partial charge in [0.05, 0.1) is 25.8 Å². The van der Waals surface area contributed by atoms with E-state index in [2.05, 4.69) is 9.98 Å². The lowest BCUT2D eigenvalue weighted by molar-refractivity contribution is 0.634. The van der Waals surface area contributed by atoms with Gasteiger partial charge in [-0.3, -0.25) is 9.98 Å². The molecule has 12 heavy (non-hydrogen) atoms. The van der Waals surface area contributed by atoms with E-state index in [1.165, 1.54) is 0 Å². The zero-order valence-corrected chi connectivity index (χ0v) is 8.36. The Morgan fingerprint density at radius 1 is 0.833 bits per heavy atom. The van der Waals surface area contributed by atoms with Crippen LogP contribution in [0, 0.1) is 0 Å². The number of aliphatic imine (C=N–C) groups is 2. The van der Waals surface area contributed by atoms with E-state index >= 15 is 0 Å². The fourth-order valence-corrected chi connectivity index (χ4v) is 0.558. The van der Waals surface area contributed by atoms with E-state index in [9.17, 15) is 0 Å². The van der Waals surface area contributed by atoms with Crippen LogP contribution in [0.2, 0.25) is 0 Å². The zero-order chi connectivity index (χ0) is 9.40. The van der Waals surface area contributed by atoms with Gasteiger partial charge in [-0.1, -0.05) is 0 Å². The molecule has 0 aromatic heterocycles. The minimum absolute atomic E-state index is 0.752. The lowest BCUT2D eigenvalue weighted by Gasteiger charge is -2.02. The van der Waals surface area contributed by atoms with Crippen LogP contribution in [0.5, 0.6) is 0 Å². The topological polar surface area (TPSA) is 31.2 Å². The second kappa shape index (κ2) is 6.64. The molecule has 0 aliphatic carbocycles. The third kappa shape index (κ3) is 8.94. The molecule has 0 rings (SSSR count). The minimum atomic E-state index is 0.752. The lowest BCUT2D eigenvalue weighted by Crippen LogP contribution is -2.10. The van der Waals surface area contributed by atoms with Crippen molar-refractivity contribution >= 4 is 12.7 Å². The SMILES string of the molecule is CN(C)/C=N/CC/N=C/N(C)C. The van der Waals surface area contributed by atoms with Crippen molar-refractivity contribution in [2.24, 2.45) is 9.98 Å². The van der Waals surface area contributed by atoms with E-state index in [4.69, 9.17) is 0 Å². The molecule has 0 bridgehead atoms. The number of nitrogens with zero attached hydrogens (tertiary/aromatic N) is 4. The van der Waals surface area contributed by atoms with Crippen LogP contribution in [0.3, 0.4) is 0 Å². The first-order valence-electron chi connectivity index (χ1n) is 3.95. The first-order chi connectivity index (χ1) is 5.63. The average Bonchev–Trinajstić information content (AvgIpc) is 1.95. The highest BCUT2D eigenvalue weighted by Gasteiger charge is 1.79. The predicted molar refractivity (Wildman–Crippen MR) is 54.1 cm³/mol. The van der Waals surface area contributed by atoms with Gasteiger partial charge in [0.25, 0.3) is 0 Å². The first-order valence-corrected chi connectivity index (χ1v) is 3.95. The van der Waals surface area contributed by atoms with Crippen LogP contribution in [0.25, 0.3) is 0 Å². The van der Waals surface area contributed by atoms with E-state index in [0.717, 1.165) is 13.1 Å². The van der Waals surface area contributed by atoms with E-state index < -0.39 is 0 Å². The Morgan fingerprint density at radius 2 is 1.17 bits per heavy atom.